The Hall–Kier alpha value is -1.81. The number of anilines is 3. The third-order valence-corrected chi connectivity index (χ3v) is 3.08. The number of benzene rings is 1. The molecule has 0 aliphatic rings. The van der Waals surface area contributed by atoms with Gasteiger partial charge in [-0.15, -0.1) is 0 Å². The molecule has 2 aromatic rings. The molecule has 0 saturated carbocycles. The highest BCUT2D eigenvalue weighted by molar-refractivity contribution is 6.32. The van der Waals surface area contributed by atoms with Gasteiger partial charge in [-0.3, -0.25) is 0 Å². The summed E-state index contributed by atoms with van der Waals surface area (Å²) in [5, 5.41) is 6.57. The molecule has 5 heteroatoms. The lowest BCUT2D eigenvalue weighted by molar-refractivity contribution is 0.867. The molecular formula is C14H17ClN4. The molecule has 0 unspecified atom stereocenters. The minimum Gasteiger partial charge on any atom is -0.357 e. The molecule has 0 spiro atoms. The van der Waals surface area contributed by atoms with E-state index in [9.17, 15) is 0 Å². The third kappa shape index (κ3) is 3.35. The Morgan fingerprint density at radius 3 is 2.42 bits per heavy atom. The van der Waals surface area contributed by atoms with Crippen molar-refractivity contribution >= 4 is 29.1 Å². The molecule has 0 fully saturated rings. The average Bonchev–Trinajstić information content (AvgIpc) is 2.42. The van der Waals surface area contributed by atoms with E-state index in [1.807, 2.05) is 12.1 Å². The lowest BCUT2D eigenvalue weighted by Crippen LogP contribution is -2.01. The number of hydrogen-bond acceptors (Lipinski definition) is 4. The molecule has 1 heterocycles. The summed E-state index contributed by atoms with van der Waals surface area (Å²) in [6.07, 6.45) is 1.57. The summed E-state index contributed by atoms with van der Waals surface area (Å²) in [6.45, 7) is 4.34. The highest BCUT2D eigenvalue weighted by atomic mass is 35.5. The summed E-state index contributed by atoms with van der Waals surface area (Å²) in [6, 6.07) is 8.24. The fourth-order valence-electron chi connectivity index (χ4n) is 1.66. The van der Waals surface area contributed by atoms with Gasteiger partial charge in [-0.25, -0.2) is 4.98 Å². The van der Waals surface area contributed by atoms with Crippen LogP contribution in [0.4, 0.5) is 17.5 Å². The monoisotopic (exact) mass is 276 g/mol. The number of aromatic nitrogens is 2. The largest absolute Gasteiger partial charge is 0.357 e. The van der Waals surface area contributed by atoms with Crippen LogP contribution in [0.2, 0.25) is 5.02 Å². The maximum absolute atomic E-state index is 6.07. The van der Waals surface area contributed by atoms with Crippen molar-refractivity contribution in [1.29, 1.82) is 0 Å². The van der Waals surface area contributed by atoms with Crippen LogP contribution in [0.25, 0.3) is 0 Å². The van der Waals surface area contributed by atoms with Gasteiger partial charge in [0.25, 0.3) is 0 Å². The van der Waals surface area contributed by atoms with E-state index in [1.54, 1.807) is 13.2 Å². The van der Waals surface area contributed by atoms with Gasteiger partial charge in [0.05, 0.1) is 6.20 Å². The summed E-state index contributed by atoms with van der Waals surface area (Å²) < 4.78 is 0. The van der Waals surface area contributed by atoms with Crippen LogP contribution >= 0.6 is 11.6 Å². The highest BCUT2D eigenvalue weighted by Crippen LogP contribution is 2.24. The smallest absolute Gasteiger partial charge is 0.224 e. The second kappa shape index (κ2) is 5.89. The van der Waals surface area contributed by atoms with E-state index in [0.717, 1.165) is 5.69 Å². The normalized spacial score (nSPS) is 10.6. The van der Waals surface area contributed by atoms with Crippen LogP contribution in [-0.2, 0) is 0 Å². The molecule has 0 radical (unpaired) electrons. The Kier molecular flexibility index (Phi) is 4.22. The van der Waals surface area contributed by atoms with Crippen LogP contribution in [0, 0.1) is 0 Å². The summed E-state index contributed by atoms with van der Waals surface area (Å²) in [4.78, 5) is 8.32. The molecule has 100 valence electrons. The molecule has 0 bridgehead atoms. The number of nitrogens with one attached hydrogen (secondary N) is 2. The molecule has 2 rings (SSSR count). The predicted octanol–water partition coefficient (Wildman–Crippen LogP) is 4.04. The Balaban J connectivity index is 2.20. The van der Waals surface area contributed by atoms with Gasteiger partial charge in [-0.1, -0.05) is 37.6 Å². The first-order valence-electron chi connectivity index (χ1n) is 6.17. The van der Waals surface area contributed by atoms with Crippen molar-refractivity contribution < 1.29 is 0 Å². The summed E-state index contributed by atoms with van der Waals surface area (Å²) in [5.41, 5.74) is 2.25. The van der Waals surface area contributed by atoms with E-state index in [4.69, 9.17) is 11.6 Å². The zero-order valence-electron chi connectivity index (χ0n) is 11.2. The molecule has 19 heavy (non-hydrogen) atoms. The molecule has 4 nitrogen and oxygen atoms in total. The Morgan fingerprint density at radius 1 is 1.16 bits per heavy atom. The summed E-state index contributed by atoms with van der Waals surface area (Å²) in [5.74, 6) is 1.65. The van der Waals surface area contributed by atoms with Crippen LogP contribution in [0.15, 0.2) is 30.5 Å². The molecule has 0 atom stereocenters. The van der Waals surface area contributed by atoms with Crippen LogP contribution < -0.4 is 10.6 Å². The van der Waals surface area contributed by atoms with Crippen LogP contribution in [-0.4, -0.2) is 17.0 Å². The Bertz CT molecular complexity index is 552. The first-order valence-corrected chi connectivity index (χ1v) is 6.55. The zero-order chi connectivity index (χ0) is 13.8. The van der Waals surface area contributed by atoms with Gasteiger partial charge >= 0.3 is 0 Å². The van der Waals surface area contributed by atoms with E-state index >= 15 is 0 Å². The Labute approximate surface area is 118 Å². The number of halogens is 1. The molecule has 1 aromatic heterocycles. The molecule has 0 aliphatic carbocycles. The molecule has 0 amide bonds. The van der Waals surface area contributed by atoms with E-state index in [-0.39, 0.29) is 0 Å². The molecular weight excluding hydrogens is 260 g/mol. The Morgan fingerprint density at radius 2 is 1.84 bits per heavy atom. The van der Waals surface area contributed by atoms with Crippen molar-refractivity contribution in [2.24, 2.45) is 0 Å². The van der Waals surface area contributed by atoms with E-state index in [1.165, 1.54) is 5.56 Å². The third-order valence-electron chi connectivity index (χ3n) is 2.81. The fraction of sp³-hybridized carbons (Fsp3) is 0.286. The van der Waals surface area contributed by atoms with Crippen LogP contribution in [0.5, 0.6) is 0 Å². The average molecular weight is 277 g/mol. The predicted molar refractivity (Wildman–Crippen MR) is 80.4 cm³/mol. The van der Waals surface area contributed by atoms with Gasteiger partial charge in [-0.2, -0.15) is 4.98 Å². The van der Waals surface area contributed by atoms with E-state index < -0.39 is 0 Å². The first kappa shape index (κ1) is 13.6. The van der Waals surface area contributed by atoms with Crippen molar-refractivity contribution in [2.75, 3.05) is 17.7 Å². The molecule has 1 aromatic carbocycles. The van der Waals surface area contributed by atoms with Gasteiger partial charge in [0, 0.05) is 12.7 Å². The van der Waals surface area contributed by atoms with Gasteiger partial charge in [-0.05, 0) is 23.6 Å². The van der Waals surface area contributed by atoms with Gasteiger partial charge < -0.3 is 10.6 Å². The molecule has 2 N–H and O–H groups in total. The fourth-order valence-corrected chi connectivity index (χ4v) is 1.80. The van der Waals surface area contributed by atoms with Crippen molar-refractivity contribution in [2.45, 2.75) is 19.8 Å². The van der Waals surface area contributed by atoms with Crippen molar-refractivity contribution in [3.05, 3.63) is 41.0 Å². The van der Waals surface area contributed by atoms with E-state index in [2.05, 4.69) is 46.6 Å². The van der Waals surface area contributed by atoms with E-state index in [0.29, 0.717) is 22.7 Å². The van der Waals surface area contributed by atoms with Crippen LogP contribution in [0.1, 0.15) is 25.3 Å². The lowest BCUT2D eigenvalue weighted by Gasteiger charge is -2.10. The summed E-state index contributed by atoms with van der Waals surface area (Å²) in [7, 11) is 1.77. The van der Waals surface area contributed by atoms with Crippen LogP contribution in [0.3, 0.4) is 0 Å². The maximum Gasteiger partial charge on any atom is 0.224 e. The maximum atomic E-state index is 6.07. The standard InChI is InChI=1S/C14H17ClN4/c1-9(2)10-4-6-11(7-5-10)18-13-12(15)8-17-14(16-3)19-13/h4-9H,1-3H3,(H2,16,17,18,19). The quantitative estimate of drug-likeness (QED) is 0.885. The number of hydrogen-bond donors (Lipinski definition) is 2. The summed E-state index contributed by atoms with van der Waals surface area (Å²) >= 11 is 6.07. The lowest BCUT2D eigenvalue weighted by atomic mass is 10.0. The van der Waals surface area contributed by atoms with Gasteiger partial charge in [0.2, 0.25) is 5.95 Å². The number of rotatable bonds is 4. The van der Waals surface area contributed by atoms with Crippen molar-refractivity contribution in [3.63, 3.8) is 0 Å². The minimum absolute atomic E-state index is 0.493. The van der Waals surface area contributed by atoms with Gasteiger partial charge in [0.1, 0.15) is 5.02 Å². The minimum atomic E-state index is 0.493. The van der Waals surface area contributed by atoms with Crippen molar-refractivity contribution in [3.8, 4) is 0 Å². The first-order chi connectivity index (χ1) is 9.10. The van der Waals surface area contributed by atoms with Gasteiger partial charge in [0.15, 0.2) is 5.82 Å². The number of nitrogens with zero attached hydrogens (tertiary/aromatic N) is 2. The topological polar surface area (TPSA) is 49.8 Å². The zero-order valence-corrected chi connectivity index (χ0v) is 12.0. The molecule has 0 aliphatic heterocycles. The highest BCUT2D eigenvalue weighted by Gasteiger charge is 2.05. The molecule has 0 saturated heterocycles. The SMILES string of the molecule is CNc1ncc(Cl)c(Nc2ccc(C(C)C)cc2)n1. The second-order valence-corrected chi connectivity index (χ2v) is 4.95. The van der Waals surface area contributed by atoms with Crippen molar-refractivity contribution in [1.82, 2.24) is 9.97 Å². The second-order valence-electron chi connectivity index (χ2n) is 4.54.